The zero-order chi connectivity index (χ0) is 13.2. The van der Waals surface area contributed by atoms with Crippen LogP contribution in [-0.4, -0.2) is 55.0 Å². The second-order valence-corrected chi connectivity index (χ2v) is 5.14. The molecule has 0 aromatic rings. The van der Waals surface area contributed by atoms with Crippen molar-refractivity contribution >= 4 is 5.91 Å². The van der Waals surface area contributed by atoms with Crippen LogP contribution in [0.15, 0.2) is 0 Å². The molecule has 6 heteroatoms. The Hall–Kier alpha value is -0.750. The van der Waals surface area contributed by atoms with E-state index in [9.17, 15) is 13.6 Å². The van der Waals surface area contributed by atoms with Gasteiger partial charge in [-0.1, -0.05) is 6.92 Å². The number of halogens is 2. The Morgan fingerprint density at radius 2 is 2.22 bits per heavy atom. The fourth-order valence-electron chi connectivity index (χ4n) is 2.39. The normalized spacial score (nSPS) is 26.6. The summed E-state index contributed by atoms with van der Waals surface area (Å²) in [5.74, 6) is -3.05. The van der Waals surface area contributed by atoms with Gasteiger partial charge in [-0.2, -0.15) is 0 Å². The molecule has 1 aliphatic heterocycles. The lowest BCUT2D eigenvalue weighted by Crippen LogP contribution is -2.43. The molecule has 2 aliphatic rings. The van der Waals surface area contributed by atoms with Crippen LogP contribution in [-0.2, 0) is 4.79 Å². The third-order valence-electron chi connectivity index (χ3n) is 3.59. The van der Waals surface area contributed by atoms with Crippen molar-refractivity contribution in [2.45, 2.75) is 44.2 Å². The summed E-state index contributed by atoms with van der Waals surface area (Å²) in [7, 11) is 0. The van der Waals surface area contributed by atoms with Crippen LogP contribution >= 0.6 is 0 Å². The predicted molar refractivity (Wildman–Crippen MR) is 64.6 cm³/mol. The average molecular weight is 261 g/mol. The molecule has 1 aliphatic carbocycles. The van der Waals surface area contributed by atoms with Gasteiger partial charge in [-0.05, 0) is 19.4 Å². The average Bonchev–Trinajstić information content (AvgIpc) is 3.08. The molecule has 1 amide bonds. The molecule has 2 fully saturated rings. The summed E-state index contributed by atoms with van der Waals surface area (Å²) in [6.07, 6.45) is 2.08. The van der Waals surface area contributed by atoms with Gasteiger partial charge in [0.05, 0.1) is 12.6 Å². The zero-order valence-electron chi connectivity index (χ0n) is 10.7. The first-order chi connectivity index (χ1) is 8.52. The highest BCUT2D eigenvalue weighted by molar-refractivity contribution is 5.82. The number of nitrogens with zero attached hydrogens (tertiary/aromatic N) is 1. The van der Waals surface area contributed by atoms with Crippen LogP contribution in [0.2, 0.25) is 0 Å². The number of hydrogen-bond donors (Lipinski definition) is 2. The van der Waals surface area contributed by atoms with Crippen molar-refractivity contribution in [3.8, 4) is 0 Å². The van der Waals surface area contributed by atoms with E-state index in [1.54, 1.807) is 0 Å². The number of rotatable bonds is 6. The van der Waals surface area contributed by atoms with Crippen molar-refractivity contribution in [3.05, 3.63) is 0 Å². The van der Waals surface area contributed by atoms with Crippen LogP contribution in [0.1, 0.15) is 26.2 Å². The molecule has 1 unspecified atom stereocenters. The van der Waals surface area contributed by atoms with Crippen molar-refractivity contribution < 1.29 is 13.6 Å². The summed E-state index contributed by atoms with van der Waals surface area (Å²) in [6.45, 7) is 4.01. The molecule has 2 N–H and O–H groups in total. The van der Waals surface area contributed by atoms with Gasteiger partial charge in [-0.25, -0.2) is 8.78 Å². The lowest BCUT2D eigenvalue weighted by Gasteiger charge is -2.20. The number of amides is 1. The summed E-state index contributed by atoms with van der Waals surface area (Å²) in [5.41, 5.74) is 0. The molecule has 2 rings (SSSR count). The van der Waals surface area contributed by atoms with Crippen LogP contribution in [0, 0.1) is 0 Å². The Labute approximate surface area is 106 Å². The number of alkyl halides is 2. The van der Waals surface area contributed by atoms with Gasteiger partial charge in [-0.3, -0.25) is 15.0 Å². The molecule has 18 heavy (non-hydrogen) atoms. The minimum atomic E-state index is -2.74. The standard InChI is InChI=1S/C12H21F2N3O/c1-2-17(9-3-4-9)6-5-15-11(18)10-7-12(13,14)8-16-10/h9-10,16H,2-8H2,1H3,(H,15,18). The quantitative estimate of drug-likeness (QED) is 0.735. The third-order valence-corrected chi connectivity index (χ3v) is 3.59. The fourth-order valence-corrected chi connectivity index (χ4v) is 2.39. The Kier molecular flexibility index (Phi) is 4.17. The first-order valence-corrected chi connectivity index (χ1v) is 6.65. The second-order valence-electron chi connectivity index (χ2n) is 5.14. The molecule has 0 aromatic carbocycles. The van der Waals surface area contributed by atoms with Gasteiger partial charge in [0.2, 0.25) is 5.91 Å². The Morgan fingerprint density at radius 3 is 2.72 bits per heavy atom. The van der Waals surface area contributed by atoms with Crippen LogP contribution in [0.4, 0.5) is 8.78 Å². The molecule has 0 bridgehead atoms. The first kappa shape index (κ1) is 13.7. The van der Waals surface area contributed by atoms with Gasteiger partial charge in [0, 0.05) is 25.6 Å². The van der Waals surface area contributed by atoms with Crippen LogP contribution < -0.4 is 10.6 Å². The van der Waals surface area contributed by atoms with E-state index in [1.807, 2.05) is 0 Å². The molecule has 0 radical (unpaired) electrons. The Bertz CT molecular complexity index is 308. The summed E-state index contributed by atoms with van der Waals surface area (Å²) in [6, 6.07) is -0.0724. The number of carbonyl (C=O) groups excluding carboxylic acids is 1. The lowest BCUT2D eigenvalue weighted by atomic mass is 10.2. The largest absolute Gasteiger partial charge is 0.353 e. The second kappa shape index (κ2) is 5.48. The Morgan fingerprint density at radius 1 is 1.50 bits per heavy atom. The van der Waals surface area contributed by atoms with Gasteiger partial charge in [-0.15, -0.1) is 0 Å². The monoisotopic (exact) mass is 261 g/mol. The predicted octanol–water partition coefficient (Wildman–Crippen LogP) is 0.584. The van der Waals surface area contributed by atoms with E-state index in [4.69, 9.17) is 0 Å². The van der Waals surface area contributed by atoms with Gasteiger partial charge < -0.3 is 5.32 Å². The maximum atomic E-state index is 12.9. The molecule has 4 nitrogen and oxygen atoms in total. The molecule has 1 heterocycles. The molecular weight excluding hydrogens is 240 g/mol. The van der Waals surface area contributed by atoms with E-state index in [1.165, 1.54) is 12.8 Å². The van der Waals surface area contributed by atoms with Crippen molar-refractivity contribution in [1.29, 1.82) is 0 Å². The summed E-state index contributed by atoms with van der Waals surface area (Å²) in [5, 5.41) is 5.29. The third kappa shape index (κ3) is 3.62. The maximum Gasteiger partial charge on any atom is 0.262 e. The summed E-state index contributed by atoms with van der Waals surface area (Å²) >= 11 is 0. The van der Waals surface area contributed by atoms with Crippen molar-refractivity contribution in [1.82, 2.24) is 15.5 Å². The molecule has 104 valence electrons. The topological polar surface area (TPSA) is 44.4 Å². The highest BCUT2D eigenvalue weighted by Crippen LogP contribution is 2.26. The number of carbonyl (C=O) groups is 1. The van der Waals surface area contributed by atoms with E-state index in [0.717, 1.165) is 13.1 Å². The summed E-state index contributed by atoms with van der Waals surface area (Å²) < 4.78 is 25.8. The molecular formula is C12H21F2N3O. The van der Waals surface area contributed by atoms with E-state index < -0.39 is 18.5 Å². The fraction of sp³-hybridized carbons (Fsp3) is 0.917. The highest BCUT2D eigenvalue weighted by Gasteiger charge is 2.42. The summed E-state index contributed by atoms with van der Waals surface area (Å²) in [4.78, 5) is 14.0. The van der Waals surface area contributed by atoms with Gasteiger partial charge in [0.15, 0.2) is 0 Å². The minimum absolute atomic E-state index is 0.306. The van der Waals surface area contributed by atoms with Crippen LogP contribution in [0.5, 0.6) is 0 Å². The van der Waals surface area contributed by atoms with E-state index >= 15 is 0 Å². The molecule has 0 aromatic heterocycles. The van der Waals surface area contributed by atoms with Gasteiger partial charge in [0.25, 0.3) is 5.92 Å². The molecule has 1 atom stereocenters. The van der Waals surface area contributed by atoms with E-state index in [-0.39, 0.29) is 12.3 Å². The number of nitrogens with one attached hydrogen (secondary N) is 2. The smallest absolute Gasteiger partial charge is 0.262 e. The van der Waals surface area contributed by atoms with Crippen molar-refractivity contribution in [2.24, 2.45) is 0 Å². The van der Waals surface area contributed by atoms with Crippen LogP contribution in [0.3, 0.4) is 0 Å². The van der Waals surface area contributed by atoms with E-state index in [2.05, 4.69) is 22.5 Å². The molecule has 0 spiro atoms. The number of likely N-dealkylation sites (N-methyl/N-ethyl adjacent to an activating group) is 1. The number of hydrogen-bond acceptors (Lipinski definition) is 3. The lowest BCUT2D eigenvalue weighted by molar-refractivity contribution is -0.123. The molecule has 1 saturated heterocycles. The zero-order valence-corrected chi connectivity index (χ0v) is 10.7. The van der Waals surface area contributed by atoms with Crippen LogP contribution in [0.25, 0.3) is 0 Å². The van der Waals surface area contributed by atoms with Crippen molar-refractivity contribution in [3.63, 3.8) is 0 Å². The van der Waals surface area contributed by atoms with E-state index in [0.29, 0.717) is 12.6 Å². The van der Waals surface area contributed by atoms with Gasteiger partial charge >= 0.3 is 0 Å². The van der Waals surface area contributed by atoms with Crippen molar-refractivity contribution in [2.75, 3.05) is 26.2 Å². The maximum absolute atomic E-state index is 12.9. The van der Waals surface area contributed by atoms with Gasteiger partial charge in [0.1, 0.15) is 0 Å². The molecule has 1 saturated carbocycles. The highest BCUT2D eigenvalue weighted by atomic mass is 19.3. The minimum Gasteiger partial charge on any atom is -0.353 e. The SMILES string of the molecule is CCN(CCNC(=O)C1CC(F)(F)CN1)C1CC1. The first-order valence-electron chi connectivity index (χ1n) is 6.65. The Balaban J connectivity index is 1.65.